The number of methoxy groups -OCH3 is 1. The molecule has 1 heterocycles. The van der Waals surface area contributed by atoms with Crippen LogP contribution in [0.25, 0.3) is 0 Å². The van der Waals surface area contributed by atoms with Crippen molar-refractivity contribution in [3.8, 4) is 11.5 Å². The van der Waals surface area contributed by atoms with Gasteiger partial charge in [0.1, 0.15) is 24.4 Å². The molecule has 0 aliphatic carbocycles. The highest BCUT2D eigenvalue weighted by Gasteiger charge is 2.05. The van der Waals surface area contributed by atoms with Gasteiger partial charge in [0.15, 0.2) is 0 Å². The largest absolute Gasteiger partial charge is 0.496 e. The lowest BCUT2D eigenvalue weighted by Gasteiger charge is -2.11. The molecule has 0 aliphatic heterocycles. The molecule has 0 amide bonds. The fraction of sp³-hybridized carbons (Fsp3) is 0.118. The zero-order valence-corrected chi connectivity index (χ0v) is 15.8. The minimum Gasteiger partial charge on any atom is -0.496 e. The van der Waals surface area contributed by atoms with Gasteiger partial charge >= 0.3 is 0 Å². The smallest absolute Gasteiger partial charge is 0.216 e. The predicted molar refractivity (Wildman–Crippen MR) is 102 cm³/mol. The van der Waals surface area contributed by atoms with Gasteiger partial charge in [0.05, 0.1) is 13.3 Å². The van der Waals surface area contributed by atoms with Gasteiger partial charge in [-0.1, -0.05) is 15.9 Å². The van der Waals surface area contributed by atoms with E-state index >= 15 is 0 Å². The van der Waals surface area contributed by atoms with Crippen molar-refractivity contribution in [1.82, 2.24) is 14.9 Å². The number of aromatic nitrogens is 3. The molecule has 3 rings (SSSR count). The molecule has 2 aromatic carbocycles. The third-order valence-electron chi connectivity index (χ3n) is 3.38. The van der Waals surface area contributed by atoms with Gasteiger partial charge in [-0.2, -0.15) is 14.9 Å². The van der Waals surface area contributed by atoms with E-state index in [-0.39, 0.29) is 0 Å². The molecule has 128 valence electrons. The third-order valence-corrected chi connectivity index (χ3v) is 4.19. The molecule has 8 heteroatoms. The maximum absolute atomic E-state index is 5.83. The van der Waals surface area contributed by atoms with Crippen LogP contribution in [0.5, 0.6) is 11.5 Å². The van der Waals surface area contributed by atoms with Crippen molar-refractivity contribution >= 4 is 34.4 Å². The number of H-pyrrole nitrogens is 1. The van der Waals surface area contributed by atoms with E-state index in [1.54, 1.807) is 13.3 Å². The number of hydrogen-bond acceptors (Lipinski definition) is 5. The number of nitrogens with one attached hydrogen (secondary N) is 1. The number of halogens is 1. The summed E-state index contributed by atoms with van der Waals surface area (Å²) in [4.78, 5) is 0. The standard InChI is InChI=1S/C17H15BrN4O2S/c1-23-16-7-2-12(9-20-22-11-19-21-17(22)25)8-13(16)10-24-15-5-3-14(18)4-6-15/h2-9,11H,10H2,1H3,(H,21,25)/b20-9+. The van der Waals surface area contributed by atoms with Gasteiger partial charge in [-0.25, -0.2) is 0 Å². The van der Waals surface area contributed by atoms with Crippen molar-refractivity contribution in [3.05, 3.63) is 69.2 Å². The van der Waals surface area contributed by atoms with Crippen molar-refractivity contribution in [3.63, 3.8) is 0 Å². The summed E-state index contributed by atoms with van der Waals surface area (Å²) in [5.74, 6) is 1.54. The first-order chi connectivity index (χ1) is 12.2. The molecule has 0 radical (unpaired) electrons. The van der Waals surface area contributed by atoms with Gasteiger partial charge in [-0.3, -0.25) is 5.10 Å². The number of aromatic amines is 1. The quantitative estimate of drug-likeness (QED) is 0.481. The fourth-order valence-electron chi connectivity index (χ4n) is 2.14. The molecule has 0 spiro atoms. The first-order valence-corrected chi connectivity index (χ1v) is 8.57. The molecule has 0 aliphatic rings. The molecule has 1 N–H and O–H groups in total. The Bertz CT molecular complexity index is 934. The molecule has 3 aromatic rings. The summed E-state index contributed by atoms with van der Waals surface area (Å²) in [7, 11) is 1.64. The summed E-state index contributed by atoms with van der Waals surface area (Å²) in [6, 6.07) is 13.4. The van der Waals surface area contributed by atoms with Crippen molar-refractivity contribution in [2.75, 3.05) is 7.11 Å². The first kappa shape index (κ1) is 17.4. The van der Waals surface area contributed by atoms with Crippen LogP contribution in [0.3, 0.4) is 0 Å². The lowest BCUT2D eigenvalue weighted by Crippen LogP contribution is -2.00. The molecule has 25 heavy (non-hydrogen) atoms. The van der Waals surface area contributed by atoms with Gasteiger partial charge in [-0.15, -0.1) is 0 Å². The summed E-state index contributed by atoms with van der Waals surface area (Å²) in [6.07, 6.45) is 3.22. The molecular weight excluding hydrogens is 404 g/mol. The van der Waals surface area contributed by atoms with Crippen LogP contribution in [-0.2, 0) is 6.61 Å². The number of benzene rings is 2. The highest BCUT2D eigenvalue weighted by Crippen LogP contribution is 2.23. The molecule has 0 saturated heterocycles. The molecule has 0 unspecified atom stereocenters. The molecule has 0 fully saturated rings. The zero-order valence-electron chi connectivity index (χ0n) is 13.3. The van der Waals surface area contributed by atoms with E-state index in [1.165, 1.54) is 11.0 Å². The van der Waals surface area contributed by atoms with E-state index in [1.807, 2.05) is 42.5 Å². The van der Waals surface area contributed by atoms with E-state index in [0.29, 0.717) is 11.4 Å². The summed E-state index contributed by atoms with van der Waals surface area (Å²) in [5, 5.41) is 10.7. The minimum absolute atomic E-state index is 0.387. The van der Waals surface area contributed by atoms with Crippen LogP contribution in [0.15, 0.2) is 58.4 Å². The molecule has 0 saturated carbocycles. The number of hydrogen-bond donors (Lipinski definition) is 1. The molecule has 0 bridgehead atoms. The Morgan fingerprint density at radius 2 is 2.08 bits per heavy atom. The van der Waals surface area contributed by atoms with Crippen molar-refractivity contribution < 1.29 is 9.47 Å². The van der Waals surface area contributed by atoms with Gasteiger partial charge in [0.25, 0.3) is 0 Å². The lowest BCUT2D eigenvalue weighted by atomic mass is 10.1. The van der Waals surface area contributed by atoms with Gasteiger partial charge in [0.2, 0.25) is 4.77 Å². The van der Waals surface area contributed by atoms with E-state index in [9.17, 15) is 0 Å². The van der Waals surface area contributed by atoms with Crippen LogP contribution in [-0.4, -0.2) is 28.2 Å². The second-order valence-corrected chi connectivity index (χ2v) is 6.37. The Kier molecular flexibility index (Phi) is 5.62. The average Bonchev–Trinajstić information content (AvgIpc) is 3.04. The number of nitrogens with zero attached hydrogens (tertiary/aromatic N) is 3. The fourth-order valence-corrected chi connectivity index (χ4v) is 2.55. The second kappa shape index (κ2) is 8.09. The first-order valence-electron chi connectivity index (χ1n) is 7.37. The third kappa shape index (κ3) is 4.55. The van der Waals surface area contributed by atoms with Crippen molar-refractivity contribution in [2.24, 2.45) is 5.10 Å². The molecular formula is C17H15BrN4O2S. The Labute approximate surface area is 158 Å². The predicted octanol–water partition coefficient (Wildman–Crippen LogP) is 4.17. The summed E-state index contributed by atoms with van der Waals surface area (Å²) < 4.78 is 14.2. The summed E-state index contributed by atoms with van der Waals surface area (Å²) in [6.45, 7) is 0.387. The van der Waals surface area contributed by atoms with E-state index in [4.69, 9.17) is 21.7 Å². The van der Waals surface area contributed by atoms with Gasteiger partial charge < -0.3 is 9.47 Å². The maximum atomic E-state index is 5.83. The van der Waals surface area contributed by atoms with Gasteiger partial charge in [0, 0.05) is 10.0 Å². The lowest BCUT2D eigenvalue weighted by molar-refractivity contribution is 0.296. The second-order valence-electron chi connectivity index (χ2n) is 5.06. The van der Waals surface area contributed by atoms with E-state index in [0.717, 1.165) is 27.1 Å². The van der Waals surface area contributed by atoms with Crippen LogP contribution in [0, 0.1) is 4.77 Å². The Hall–Kier alpha value is -2.45. The van der Waals surface area contributed by atoms with E-state index < -0.39 is 0 Å². The monoisotopic (exact) mass is 418 g/mol. The minimum atomic E-state index is 0.387. The van der Waals surface area contributed by atoms with Crippen molar-refractivity contribution in [2.45, 2.75) is 6.61 Å². The van der Waals surface area contributed by atoms with E-state index in [2.05, 4.69) is 31.2 Å². The molecule has 1 aromatic heterocycles. The summed E-state index contributed by atoms with van der Waals surface area (Å²) in [5.41, 5.74) is 1.82. The highest BCUT2D eigenvalue weighted by atomic mass is 79.9. The maximum Gasteiger partial charge on any atom is 0.216 e. The number of rotatable bonds is 6. The molecule has 6 nitrogen and oxygen atoms in total. The zero-order chi connectivity index (χ0) is 17.6. The van der Waals surface area contributed by atoms with Gasteiger partial charge in [-0.05, 0) is 60.2 Å². The molecule has 0 atom stereocenters. The summed E-state index contributed by atoms with van der Waals surface area (Å²) >= 11 is 8.46. The van der Waals surface area contributed by atoms with Crippen LogP contribution < -0.4 is 9.47 Å². The normalized spacial score (nSPS) is 11.0. The van der Waals surface area contributed by atoms with Crippen LogP contribution in [0.1, 0.15) is 11.1 Å². The average molecular weight is 419 g/mol. The van der Waals surface area contributed by atoms with Crippen LogP contribution in [0.4, 0.5) is 0 Å². The van der Waals surface area contributed by atoms with Crippen molar-refractivity contribution in [1.29, 1.82) is 0 Å². The Morgan fingerprint density at radius 1 is 1.28 bits per heavy atom. The highest BCUT2D eigenvalue weighted by molar-refractivity contribution is 9.10. The Balaban J connectivity index is 1.77. The van der Waals surface area contributed by atoms with Crippen LogP contribution >= 0.6 is 28.1 Å². The Morgan fingerprint density at radius 3 is 2.76 bits per heavy atom. The SMILES string of the molecule is COc1ccc(/C=N/n2cn[nH]c2=S)cc1COc1ccc(Br)cc1. The number of ether oxygens (including phenoxy) is 2. The topological polar surface area (TPSA) is 64.4 Å². The van der Waals surface area contributed by atoms with Crippen LogP contribution in [0.2, 0.25) is 0 Å².